The molecule has 1 aromatic carbocycles. The van der Waals surface area contributed by atoms with E-state index in [9.17, 15) is 0 Å². The number of nitrogens with two attached hydrogens (primary N) is 1. The zero-order chi connectivity index (χ0) is 13.1. The van der Waals surface area contributed by atoms with Gasteiger partial charge in [-0.05, 0) is 31.0 Å². The third-order valence-electron chi connectivity index (χ3n) is 3.16. The molecule has 98 valence electrons. The summed E-state index contributed by atoms with van der Waals surface area (Å²) >= 11 is 3.46. The van der Waals surface area contributed by atoms with E-state index in [4.69, 9.17) is 15.9 Å². The van der Waals surface area contributed by atoms with Gasteiger partial charge in [-0.15, -0.1) is 0 Å². The van der Waals surface area contributed by atoms with Gasteiger partial charge in [-0.2, -0.15) is 0 Å². The van der Waals surface area contributed by atoms with E-state index in [-0.39, 0.29) is 11.9 Å². The average molecular weight is 312 g/mol. The maximum absolute atomic E-state index is 7.63. The minimum atomic E-state index is 0.0942. The lowest BCUT2D eigenvalue weighted by molar-refractivity contribution is 0.116. The van der Waals surface area contributed by atoms with E-state index in [1.807, 2.05) is 25.2 Å². The maximum Gasteiger partial charge on any atom is 0.124 e. The molecular weight excluding hydrogens is 294 g/mol. The number of hydrogen-bond acceptors (Lipinski definition) is 3. The fourth-order valence-electron chi connectivity index (χ4n) is 2.24. The van der Waals surface area contributed by atoms with Crippen LogP contribution in [0, 0.1) is 5.41 Å². The summed E-state index contributed by atoms with van der Waals surface area (Å²) in [6.45, 7) is 1.69. The largest absolute Gasteiger partial charge is 0.384 e. The number of ether oxygens (including phenoxy) is 1. The van der Waals surface area contributed by atoms with E-state index in [1.165, 1.54) is 0 Å². The molecular formula is C13H18BrN3O. The Morgan fingerprint density at radius 3 is 3.00 bits per heavy atom. The van der Waals surface area contributed by atoms with Crippen molar-refractivity contribution in [1.29, 1.82) is 5.41 Å². The second kappa shape index (κ2) is 5.71. The summed E-state index contributed by atoms with van der Waals surface area (Å²) in [4.78, 5) is 2.11. The summed E-state index contributed by atoms with van der Waals surface area (Å²) in [6, 6.07) is 5.76. The van der Waals surface area contributed by atoms with Crippen molar-refractivity contribution in [3.8, 4) is 0 Å². The van der Waals surface area contributed by atoms with Gasteiger partial charge in [-0.1, -0.05) is 15.9 Å². The van der Waals surface area contributed by atoms with Gasteiger partial charge in [0.25, 0.3) is 0 Å². The number of likely N-dealkylation sites (N-methyl/N-ethyl adjacent to an activating group) is 1. The van der Waals surface area contributed by atoms with E-state index >= 15 is 0 Å². The minimum Gasteiger partial charge on any atom is -0.384 e. The highest BCUT2D eigenvalue weighted by molar-refractivity contribution is 9.10. The van der Waals surface area contributed by atoms with E-state index < -0.39 is 0 Å². The van der Waals surface area contributed by atoms with Crippen LogP contribution in [0.2, 0.25) is 0 Å². The lowest BCUT2D eigenvalue weighted by Crippen LogP contribution is -2.30. The molecule has 1 aromatic rings. The molecule has 0 aromatic heterocycles. The van der Waals surface area contributed by atoms with Crippen molar-refractivity contribution < 1.29 is 4.74 Å². The quantitative estimate of drug-likeness (QED) is 0.663. The van der Waals surface area contributed by atoms with Gasteiger partial charge in [0.05, 0.1) is 6.10 Å². The summed E-state index contributed by atoms with van der Waals surface area (Å²) in [5.41, 5.74) is 7.35. The summed E-state index contributed by atoms with van der Waals surface area (Å²) in [6.07, 6.45) is 2.53. The predicted molar refractivity (Wildman–Crippen MR) is 77.4 cm³/mol. The topological polar surface area (TPSA) is 62.3 Å². The zero-order valence-corrected chi connectivity index (χ0v) is 12.0. The second-order valence-electron chi connectivity index (χ2n) is 4.59. The monoisotopic (exact) mass is 311 g/mol. The lowest BCUT2D eigenvalue weighted by atomic mass is 10.1. The van der Waals surface area contributed by atoms with Crippen molar-refractivity contribution in [2.24, 2.45) is 5.73 Å². The highest BCUT2D eigenvalue weighted by atomic mass is 79.9. The zero-order valence-electron chi connectivity index (χ0n) is 10.4. The Kier molecular flexibility index (Phi) is 4.24. The van der Waals surface area contributed by atoms with Crippen molar-refractivity contribution in [2.45, 2.75) is 18.9 Å². The summed E-state index contributed by atoms with van der Waals surface area (Å²) in [5.74, 6) is 0.0942. The van der Waals surface area contributed by atoms with E-state index in [2.05, 4.69) is 20.8 Å². The molecule has 2 rings (SSSR count). The Labute approximate surface area is 116 Å². The number of benzene rings is 1. The highest BCUT2D eigenvalue weighted by Gasteiger charge is 2.19. The van der Waals surface area contributed by atoms with Crippen LogP contribution in [0.4, 0.5) is 5.69 Å². The Balaban J connectivity index is 2.19. The number of rotatable bonds is 4. The molecule has 0 aliphatic carbocycles. The van der Waals surface area contributed by atoms with Gasteiger partial charge in [0.1, 0.15) is 5.84 Å². The molecule has 0 amide bonds. The Morgan fingerprint density at radius 2 is 2.39 bits per heavy atom. The van der Waals surface area contributed by atoms with Gasteiger partial charge in [0.2, 0.25) is 0 Å². The molecule has 5 heteroatoms. The third-order valence-corrected chi connectivity index (χ3v) is 3.66. The van der Waals surface area contributed by atoms with Crippen molar-refractivity contribution in [3.63, 3.8) is 0 Å². The van der Waals surface area contributed by atoms with Crippen LogP contribution >= 0.6 is 15.9 Å². The molecule has 1 atom stereocenters. The standard InChI is InChI=1S/C13H18BrN3O/c1-17(8-10-3-2-6-18-10)12-7-9(14)4-5-11(12)13(15)16/h4-5,7,10H,2-3,6,8H2,1H3,(H3,15,16). The van der Waals surface area contributed by atoms with Crippen LogP contribution in [0.3, 0.4) is 0 Å². The van der Waals surface area contributed by atoms with Gasteiger partial charge in [0.15, 0.2) is 0 Å². The Morgan fingerprint density at radius 1 is 1.61 bits per heavy atom. The molecule has 1 aliphatic rings. The third kappa shape index (κ3) is 3.03. The van der Waals surface area contributed by atoms with Crippen LogP contribution in [-0.4, -0.2) is 32.1 Å². The molecule has 0 radical (unpaired) electrons. The van der Waals surface area contributed by atoms with Crippen LogP contribution in [0.1, 0.15) is 18.4 Å². The van der Waals surface area contributed by atoms with Crippen LogP contribution in [-0.2, 0) is 4.74 Å². The summed E-state index contributed by atoms with van der Waals surface area (Å²) in [7, 11) is 2.01. The van der Waals surface area contributed by atoms with E-state index in [1.54, 1.807) is 0 Å². The van der Waals surface area contributed by atoms with Crippen LogP contribution in [0.25, 0.3) is 0 Å². The van der Waals surface area contributed by atoms with Crippen LogP contribution in [0.15, 0.2) is 22.7 Å². The van der Waals surface area contributed by atoms with Crippen molar-refractivity contribution in [2.75, 3.05) is 25.1 Å². The second-order valence-corrected chi connectivity index (χ2v) is 5.51. The maximum atomic E-state index is 7.63. The molecule has 1 unspecified atom stereocenters. The van der Waals surface area contributed by atoms with Gasteiger partial charge in [-0.25, -0.2) is 0 Å². The fourth-order valence-corrected chi connectivity index (χ4v) is 2.59. The smallest absolute Gasteiger partial charge is 0.124 e. The Bertz CT molecular complexity index is 444. The highest BCUT2D eigenvalue weighted by Crippen LogP contribution is 2.25. The number of anilines is 1. The van der Waals surface area contributed by atoms with Gasteiger partial charge in [-0.3, -0.25) is 5.41 Å². The predicted octanol–water partition coefficient (Wildman–Crippen LogP) is 2.35. The molecule has 4 nitrogen and oxygen atoms in total. The Hall–Kier alpha value is -1.07. The molecule has 1 fully saturated rings. The van der Waals surface area contributed by atoms with Gasteiger partial charge < -0.3 is 15.4 Å². The molecule has 18 heavy (non-hydrogen) atoms. The van der Waals surface area contributed by atoms with E-state index in [0.717, 1.165) is 41.7 Å². The van der Waals surface area contributed by atoms with Gasteiger partial charge >= 0.3 is 0 Å². The number of nitrogens with zero attached hydrogens (tertiary/aromatic N) is 1. The van der Waals surface area contributed by atoms with Gasteiger partial charge in [0, 0.05) is 35.9 Å². The van der Waals surface area contributed by atoms with Crippen molar-refractivity contribution in [3.05, 3.63) is 28.2 Å². The van der Waals surface area contributed by atoms with Crippen LogP contribution < -0.4 is 10.6 Å². The minimum absolute atomic E-state index is 0.0942. The van der Waals surface area contributed by atoms with Crippen molar-refractivity contribution >= 4 is 27.5 Å². The average Bonchev–Trinajstić information content (AvgIpc) is 2.81. The molecule has 0 spiro atoms. The molecule has 3 N–H and O–H groups in total. The summed E-state index contributed by atoms with van der Waals surface area (Å²) in [5, 5.41) is 7.63. The normalized spacial score (nSPS) is 18.9. The molecule has 0 bridgehead atoms. The first-order valence-electron chi connectivity index (χ1n) is 6.04. The fraction of sp³-hybridized carbons (Fsp3) is 0.462. The van der Waals surface area contributed by atoms with E-state index in [0.29, 0.717) is 0 Å². The first-order chi connectivity index (χ1) is 8.58. The lowest BCUT2D eigenvalue weighted by Gasteiger charge is -2.25. The van der Waals surface area contributed by atoms with Crippen molar-refractivity contribution in [1.82, 2.24) is 0 Å². The number of nitrogens with one attached hydrogen (secondary N) is 1. The van der Waals surface area contributed by atoms with Crippen LogP contribution in [0.5, 0.6) is 0 Å². The first kappa shape index (κ1) is 13.4. The summed E-state index contributed by atoms with van der Waals surface area (Å²) < 4.78 is 6.63. The number of nitrogen functional groups attached to an aromatic ring is 1. The molecule has 1 aliphatic heterocycles. The number of amidine groups is 1. The number of halogens is 1. The molecule has 1 saturated heterocycles. The SMILES string of the molecule is CN(CC1CCCO1)c1cc(Br)ccc1C(=N)N. The number of hydrogen-bond donors (Lipinski definition) is 2. The molecule has 0 saturated carbocycles. The molecule has 1 heterocycles. The first-order valence-corrected chi connectivity index (χ1v) is 6.84.